The predicted octanol–water partition coefficient (Wildman–Crippen LogP) is 3.62. The molecule has 0 radical (unpaired) electrons. The Morgan fingerprint density at radius 3 is 2.52 bits per heavy atom. The fourth-order valence-electron chi connectivity index (χ4n) is 2.25. The molecule has 0 fully saturated rings. The van der Waals surface area contributed by atoms with E-state index in [0.717, 1.165) is 27.2 Å². The third-order valence-corrected chi connectivity index (χ3v) is 4.57. The van der Waals surface area contributed by atoms with Crippen LogP contribution in [0.1, 0.15) is 15.9 Å². The zero-order valence-corrected chi connectivity index (χ0v) is 13.9. The number of fused-ring (bicyclic) bond motifs is 1. The number of hydrogen-bond donors (Lipinski definition) is 0. The average molecular weight is 323 g/mol. The van der Waals surface area contributed by atoms with E-state index in [2.05, 4.69) is 9.97 Å². The second-order valence-electron chi connectivity index (χ2n) is 5.38. The molecule has 0 atom stereocenters. The average Bonchev–Trinajstić information content (AvgIpc) is 2.59. The van der Waals surface area contributed by atoms with Gasteiger partial charge in [0.25, 0.3) is 5.91 Å². The van der Waals surface area contributed by atoms with Gasteiger partial charge in [-0.15, -0.1) is 11.8 Å². The molecule has 1 aromatic heterocycles. The van der Waals surface area contributed by atoms with Gasteiger partial charge in [-0.05, 0) is 23.8 Å². The van der Waals surface area contributed by atoms with Crippen LogP contribution in [0.3, 0.4) is 0 Å². The Morgan fingerprint density at radius 2 is 1.78 bits per heavy atom. The minimum Gasteiger partial charge on any atom is -0.345 e. The van der Waals surface area contributed by atoms with Crippen molar-refractivity contribution in [1.29, 1.82) is 0 Å². The summed E-state index contributed by atoms with van der Waals surface area (Å²) in [6, 6.07) is 15.7. The van der Waals surface area contributed by atoms with Crippen molar-refractivity contribution >= 4 is 28.6 Å². The number of amides is 1. The molecule has 0 aliphatic carbocycles. The van der Waals surface area contributed by atoms with Gasteiger partial charge < -0.3 is 4.90 Å². The number of rotatable bonds is 4. The molecular formula is C18H17N3OS. The second-order valence-corrected chi connectivity index (χ2v) is 6.35. The molecule has 1 heterocycles. The molecule has 0 aliphatic rings. The van der Waals surface area contributed by atoms with Gasteiger partial charge in [-0.3, -0.25) is 4.79 Å². The minimum atomic E-state index is 0.0194. The molecule has 3 rings (SSSR count). The van der Waals surface area contributed by atoms with Gasteiger partial charge in [-0.25, -0.2) is 9.97 Å². The molecule has 0 saturated heterocycles. The Labute approximate surface area is 139 Å². The summed E-state index contributed by atoms with van der Waals surface area (Å²) in [5, 5.41) is 2.04. The largest absolute Gasteiger partial charge is 0.345 e. The van der Waals surface area contributed by atoms with Crippen molar-refractivity contribution in [2.75, 3.05) is 14.1 Å². The van der Waals surface area contributed by atoms with Crippen molar-refractivity contribution in [2.45, 2.75) is 10.8 Å². The highest BCUT2D eigenvalue weighted by Gasteiger charge is 2.08. The van der Waals surface area contributed by atoms with E-state index in [1.54, 1.807) is 37.1 Å². The first-order chi connectivity index (χ1) is 11.1. The molecular weight excluding hydrogens is 306 g/mol. The van der Waals surface area contributed by atoms with Crippen molar-refractivity contribution in [3.8, 4) is 0 Å². The number of carbonyl (C=O) groups excluding carboxylic acids is 1. The number of para-hydroxylation sites is 1. The highest BCUT2D eigenvalue weighted by molar-refractivity contribution is 7.98. The lowest BCUT2D eigenvalue weighted by molar-refractivity contribution is 0.0827. The Hall–Kier alpha value is -2.40. The lowest BCUT2D eigenvalue weighted by atomic mass is 10.1. The van der Waals surface area contributed by atoms with Crippen LogP contribution in [-0.4, -0.2) is 34.9 Å². The van der Waals surface area contributed by atoms with E-state index in [4.69, 9.17) is 0 Å². The Morgan fingerprint density at radius 1 is 1.04 bits per heavy atom. The maximum Gasteiger partial charge on any atom is 0.253 e. The van der Waals surface area contributed by atoms with Crippen molar-refractivity contribution < 1.29 is 4.79 Å². The van der Waals surface area contributed by atoms with Crippen LogP contribution in [0.15, 0.2) is 59.9 Å². The Bertz CT molecular complexity index is 826. The Balaban J connectivity index is 1.74. The fraction of sp³-hybridized carbons (Fsp3) is 0.167. The third-order valence-electron chi connectivity index (χ3n) is 3.49. The normalized spacial score (nSPS) is 10.7. The quantitative estimate of drug-likeness (QED) is 0.543. The van der Waals surface area contributed by atoms with Crippen LogP contribution in [0.4, 0.5) is 0 Å². The number of thioether (sulfide) groups is 1. The lowest BCUT2D eigenvalue weighted by Gasteiger charge is -2.10. The monoisotopic (exact) mass is 323 g/mol. The first-order valence-corrected chi connectivity index (χ1v) is 8.27. The predicted molar refractivity (Wildman–Crippen MR) is 93.6 cm³/mol. The van der Waals surface area contributed by atoms with Gasteiger partial charge in [0, 0.05) is 30.8 Å². The SMILES string of the molecule is CN(C)C(=O)c1ccc(CSc2ncnc3ccccc23)cc1. The molecule has 116 valence electrons. The van der Waals surface area contributed by atoms with Gasteiger partial charge in [-0.2, -0.15) is 0 Å². The van der Waals surface area contributed by atoms with E-state index in [-0.39, 0.29) is 5.91 Å². The summed E-state index contributed by atoms with van der Waals surface area (Å²) in [5.41, 5.74) is 2.82. The minimum absolute atomic E-state index is 0.0194. The highest BCUT2D eigenvalue weighted by Crippen LogP contribution is 2.27. The first kappa shape index (κ1) is 15.5. The van der Waals surface area contributed by atoms with Crippen LogP contribution >= 0.6 is 11.8 Å². The lowest BCUT2D eigenvalue weighted by Crippen LogP contribution is -2.21. The number of carbonyl (C=O) groups is 1. The molecule has 0 saturated carbocycles. The van der Waals surface area contributed by atoms with E-state index in [0.29, 0.717) is 5.56 Å². The van der Waals surface area contributed by atoms with Gasteiger partial charge >= 0.3 is 0 Å². The summed E-state index contributed by atoms with van der Waals surface area (Å²) in [5.74, 6) is 0.822. The number of nitrogens with zero attached hydrogens (tertiary/aromatic N) is 3. The van der Waals surface area contributed by atoms with Crippen LogP contribution in [0.5, 0.6) is 0 Å². The molecule has 0 spiro atoms. The number of aromatic nitrogens is 2. The molecule has 0 N–H and O–H groups in total. The summed E-state index contributed by atoms with van der Waals surface area (Å²) < 4.78 is 0. The fourth-order valence-corrected chi connectivity index (χ4v) is 3.19. The highest BCUT2D eigenvalue weighted by atomic mass is 32.2. The molecule has 0 aliphatic heterocycles. The Kier molecular flexibility index (Phi) is 4.57. The van der Waals surface area contributed by atoms with E-state index in [9.17, 15) is 4.79 Å². The van der Waals surface area contributed by atoms with Gasteiger partial charge in [-0.1, -0.05) is 30.3 Å². The van der Waals surface area contributed by atoms with Crippen molar-refractivity contribution in [1.82, 2.24) is 14.9 Å². The van der Waals surface area contributed by atoms with Crippen LogP contribution in [0, 0.1) is 0 Å². The second kappa shape index (κ2) is 6.79. The third kappa shape index (κ3) is 3.51. The topological polar surface area (TPSA) is 46.1 Å². The van der Waals surface area contributed by atoms with Crippen molar-refractivity contribution in [3.63, 3.8) is 0 Å². The van der Waals surface area contributed by atoms with E-state index < -0.39 is 0 Å². The van der Waals surface area contributed by atoms with Gasteiger partial charge in [0.1, 0.15) is 11.4 Å². The van der Waals surface area contributed by atoms with E-state index in [1.165, 1.54) is 0 Å². The molecule has 2 aromatic carbocycles. The molecule has 4 nitrogen and oxygen atoms in total. The van der Waals surface area contributed by atoms with Crippen LogP contribution < -0.4 is 0 Å². The maximum absolute atomic E-state index is 11.9. The number of hydrogen-bond acceptors (Lipinski definition) is 4. The van der Waals surface area contributed by atoms with Gasteiger partial charge in [0.15, 0.2) is 0 Å². The summed E-state index contributed by atoms with van der Waals surface area (Å²) in [6.07, 6.45) is 1.60. The van der Waals surface area contributed by atoms with Crippen molar-refractivity contribution in [3.05, 3.63) is 66.0 Å². The van der Waals surface area contributed by atoms with Crippen LogP contribution in [0.2, 0.25) is 0 Å². The zero-order chi connectivity index (χ0) is 16.2. The zero-order valence-electron chi connectivity index (χ0n) is 13.1. The van der Waals surface area contributed by atoms with E-state index in [1.807, 2.05) is 48.5 Å². The maximum atomic E-state index is 11.9. The summed E-state index contributed by atoms with van der Waals surface area (Å²) >= 11 is 1.68. The molecule has 23 heavy (non-hydrogen) atoms. The van der Waals surface area contributed by atoms with Crippen LogP contribution in [0.25, 0.3) is 10.9 Å². The summed E-state index contributed by atoms with van der Waals surface area (Å²) in [4.78, 5) is 22.1. The summed E-state index contributed by atoms with van der Waals surface area (Å²) in [7, 11) is 3.51. The standard InChI is InChI=1S/C18H17N3OS/c1-21(2)18(22)14-9-7-13(8-10-14)11-23-17-15-5-3-4-6-16(15)19-12-20-17/h3-10,12H,11H2,1-2H3. The molecule has 1 amide bonds. The molecule has 0 bridgehead atoms. The summed E-state index contributed by atoms with van der Waals surface area (Å²) in [6.45, 7) is 0. The smallest absolute Gasteiger partial charge is 0.253 e. The molecule has 5 heteroatoms. The number of benzene rings is 2. The van der Waals surface area contributed by atoms with Gasteiger partial charge in [0.2, 0.25) is 0 Å². The van der Waals surface area contributed by atoms with Crippen LogP contribution in [-0.2, 0) is 5.75 Å². The van der Waals surface area contributed by atoms with E-state index >= 15 is 0 Å². The molecule has 3 aromatic rings. The van der Waals surface area contributed by atoms with Crippen molar-refractivity contribution in [2.24, 2.45) is 0 Å². The molecule has 0 unspecified atom stereocenters. The first-order valence-electron chi connectivity index (χ1n) is 7.28. The van der Waals surface area contributed by atoms with Gasteiger partial charge in [0.05, 0.1) is 5.52 Å².